The van der Waals surface area contributed by atoms with Crippen LogP contribution < -0.4 is 0 Å². The number of halogens is 1. The van der Waals surface area contributed by atoms with Gasteiger partial charge in [-0.1, -0.05) is 12.1 Å². The Morgan fingerprint density at radius 2 is 1.75 bits per heavy atom. The highest BCUT2D eigenvalue weighted by molar-refractivity contribution is 7.86. The van der Waals surface area contributed by atoms with Crippen molar-refractivity contribution in [3.8, 4) is 11.4 Å². The lowest BCUT2D eigenvalue weighted by molar-refractivity contribution is 0.227. The van der Waals surface area contributed by atoms with E-state index in [0.29, 0.717) is 49.4 Å². The summed E-state index contributed by atoms with van der Waals surface area (Å²) in [5, 5.41) is 3.99. The van der Waals surface area contributed by atoms with Crippen LogP contribution in [0.2, 0.25) is 0 Å². The first kappa shape index (κ1) is 19.5. The first-order valence-corrected chi connectivity index (χ1v) is 11.2. The van der Waals surface area contributed by atoms with Gasteiger partial charge in [-0.25, -0.2) is 4.39 Å². The van der Waals surface area contributed by atoms with Gasteiger partial charge < -0.3 is 4.52 Å². The molecule has 0 aliphatic carbocycles. The van der Waals surface area contributed by atoms with Crippen LogP contribution >= 0.6 is 0 Å². The third-order valence-electron chi connectivity index (χ3n) is 5.55. The van der Waals surface area contributed by atoms with Gasteiger partial charge in [0.15, 0.2) is 0 Å². The van der Waals surface area contributed by atoms with Crippen molar-refractivity contribution in [3.05, 3.63) is 36.0 Å². The van der Waals surface area contributed by atoms with Gasteiger partial charge in [-0.2, -0.15) is 22.0 Å². The van der Waals surface area contributed by atoms with Crippen LogP contribution in [0.4, 0.5) is 4.39 Å². The number of piperidine rings is 2. The second-order valence-electron chi connectivity index (χ2n) is 7.77. The van der Waals surface area contributed by atoms with Crippen LogP contribution in [0.5, 0.6) is 0 Å². The highest BCUT2D eigenvalue weighted by Gasteiger charge is 2.37. The van der Waals surface area contributed by atoms with E-state index >= 15 is 0 Å². The second kappa shape index (κ2) is 7.88. The normalized spacial score (nSPS) is 25.1. The van der Waals surface area contributed by atoms with Crippen molar-refractivity contribution < 1.29 is 17.3 Å². The molecule has 2 saturated heterocycles. The van der Waals surface area contributed by atoms with Crippen LogP contribution in [0.3, 0.4) is 0 Å². The number of aromatic nitrogens is 2. The van der Waals surface area contributed by atoms with Crippen molar-refractivity contribution in [1.29, 1.82) is 0 Å². The Kier molecular flexibility index (Phi) is 5.48. The lowest BCUT2D eigenvalue weighted by atomic mass is 10.00. The Morgan fingerprint density at radius 1 is 1.07 bits per heavy atom. The van der Waals surface area contributed by atoms with E-state index in [1.165, 1.54) is 12.1 Å². The van der Waals surface area contributed by atoms with Crippen molar-refractivity contribution in [3.63, 3.8) is 0 Å². The maximum atomic E-state index is 13.1. The molecule has 0 amide bonds. The summed E-state index contributed by atoms with van der Waals surface area (Å²) in [4.78, 5) is 4.44. The van der Waals surface area contributed by atoms with Crippen molar-refractivity contribution in [2.24, 2.45) is 5.92 Å². The Bertz CT molecular complexity index is 916. The number of hydrogen-bond acceptors (Lipinski definition) is 5. The molecule has 1 aromatic heterocycles. The summed E-state index contributed by atoms with van der Waals surface area (Å²) in [6, 6.07) is 5.89. The minimum atomic E-state index is -3.47. The quantitative estimate of drug-likeness (QED) is 0.777. The van der Waals surface area contributed by atoms with E-state index in [1.54, 1.807) is 20.7 Å². The summed E-state index contributed by atoms with van der Waals surface area (Å²) in [7, 11) is -3.47. The van der Waals surface area contributed by atoms with Gasteiger partial charge in [0.25, 0.3) is 10.2 Å². The zero-order valence-electron chi connectivity index (χ0n) is 15.9. The molecule has 2 atom stereocenters. The molecule has 0 spiro atoms. The standard InChI is InChI=1S/C19H25FN4O3S/c1-14-4-2-10-23(12-14)28(25,26)24-11-3-5-16(13-24)19-21-18(22-27-19)15-6-8-17(20)9-7-15/h6-9,14,16H,2-5,10-13H2,1H3. The van der Waals surface area contributed by atoms with Gasteiger partial charge in [0.05, 0.1) is 5.92 Å². The van der Waals surface area contributed by atoms with E-state index in [4.69, 9.17) is 4.52 Å². The SMILES string of the molecule is CC1CCCN(S(=O)(=O)N2CCCC(c3nc(-c4ccc(F)cc4)no3)C2)C1. The van der Waals surface area contributed by atoms with Gasteiger partial charge in [-0.05, 0) is 55.9 Å². The Morgan fingerprint density at radius 3 is 2.46 bits per heavy atom. The van der Waals surface area contributed by atoms with Crippen LogP contribution in [-0.2, 0) is 10.2 Å². The molecule has 2 fully saturated rings. The summed E-state index contributed by atoms with van der Waals surface area (Å²) in [6.07, 6.45) is 3.53. The maximum absolute atomic E-state index is 13.1. The molecule has 2 unspecified atom stereocenters. The molecule has 2 aliphatic rings. The monoisotopic (exact) mass is 408 g/mol. The average molecular weight is 408 g/mol. The number of rotatable bonds is 4. The zero-order valence-corrected chi connectivity index (χ0v) is 16.7. The smallest absolute Gasteiger partial charge is 0.282 e. The van der Waals surface area contributed by atoms with E-state index < -0.39 is 10.2 Å². The van der Waals surface area contributed by atoms with Crippen LogP contribution in [0.25, 0.3) is 11.4 Å². The fourth-order valence-corrected chi connectivity index (χ4v) is 5.85. The molecular weight excluding hydrogens is 383 g/mol. The van der Waals surface area contributed by atoms with Gasteiger partial charge in [0.2, 0.25) is 11.7 Å². The van der Waals surface area contributed by atoms with Gasteiger partial charge in [-0.15, -0.1) is 0 Å². The molecule has 7 nitrogen and oxygen atoms in total. The second-order valence-corrected chi connectivity index (χ2v) is 9.70. The Balaban J connectivity index is 1.49. The van der Waals surface area contributed by atoms with E-state index in [-0.39, 0.29) is 11.7 Å². The Hall–Kier alpha value is -1.84. The summed E-state index contributed by atoms with van der Waals surface area (Å²) in [6.45, 7) is 4.12. The van der Waals surface area contributed by atoms with Crippen LogP contribution in [0.15, 0.2) is 28.8 Å². The molecular formula is C19H25FN4O3S. The van der Waals surface area contributed by atoms with Crippen LogP contribution in [0.1, 0.15) is 44.4 Å². The molecule has 152 valence electrons. The van der Waals surface area contributed by atoms with Crippen LogP contribution in [-0.4, -0.2) is 53.3 Å². The predicted molar refractivity (Wildman–Crippen MR) is 102 cm³/mol. The molecule has 9 heteroatoms. The summed E-state index contributed by atoms with van der Waals surface area (Å²) in [5.74, 6) is 0.754. The van der Waals surface area contributed by atoms with E-state index in [0.717, 1.165) is 25.7 Å². The Labute approximate surface area is 164 Å². The minimum absolute atomic E-state index is 0.132. The lowest BCUT2D eigenvalue weighted by Crippen LogP contribution is -2.50. The van der Waals surface area contributed by atoms with E-state index in [2.05, 4.69) is 17.1 Å². The lowest BCUT2D eigenvalue weighted by Gasteiger charge is -2.37. The number of nitrogens with zero attached hydrogens (tertiary/aromatic N) is 4. The van der Waals surface area contributed by atoms with Gasteiger partial charge in [0, 0.05) is 31.7 Å². The van der Waals surface area contributed by atoms with Crippen molar-refractivity contribution in [1.82, 2.24) is 18.8 Å². The molecule has 0 N–H and O–H groups in total. The molecule has 28 heavy (non-hydrogen) atoms. The molecule has 4 rings (SSSR count). The van der Waals surface area contributed by atoms with E-state index in [1.807, 2.05) is 0 Å². The van der Waals surface area contributed by atoms with Gasteiger partial charge in [-0.3, -0.25) is 0 Å². The van der Waals surface area contributed by atoms with Gasteiger partial charge >= 0.3 is 0 Å². The molecule has 0 radical (unpaired) electrons. The zero-order chi connectivity index (χ0) is 19.7. The summed E-state index contributed by atoms with van der Waals surface area (Å²) < 4.78 is 47.8. The highest BCUT2D eigenvalue weighted by Crippen LogP contribution is 2.30. The largest absolute Gasteiger partial charge is 0.339 e. The molecule has 0 bridgehead atoms. The fourth-order valence-electron chi connectivity index (χ4n) is 3.99. The first-order valence-electron chi connectivity index (χ1n) is 9.78. The first-order chi connectivity index (χ1) is 13.4. The molecule has 3 heterocycles. The number of hydrogen-bond donors (Lipinski definition) is 0. The fraction of sp³-hybridized carbons (Fsp3) is 0.579. The van der Waals surface area contributed by atoms with Crippen molar-refractivity contribution >= 4 is 10.2 Å². The summed E-state index contributed by atoms with van der Waals surface area (Å²) >= 11 is 0. The number of benzene rings is 1. The maximum Gasteiger partial charge on any atom is 0.282 e. The average Bonchev–Trinajstić information content (AvgIpc) is 3.19. The molecule has 0 saturated carbocycles. The van der Waals surface area contributed by atoms with Gasteiger partial charge in [0.1, 0.15) is 5.82 Å². The predicted octanol–water partition coefficient (Wildman–Crippen LogP) is 3.03. The van der Waals surface area contributed by atoms with E-state index in [9.17, 15) is 12.8 Å². The topological polar surface area (TPSA) is 79.5 Å². The molecule has 1 aromatic carbocycles. The minimum Gasteiger partial charge on any atom is -0.339 e. The van der Waals surface area contributed by atoms with Crippen molar-refractivity contribution in [2.75, 3.05) is 26.2 Å². The third-order valence-corrected chi connectivity index (χ3v) is 7.52. The highest BCUT2D eigenvalue weighted by atomic mass is 32.2. The molecule has 2 aliphatic heterocycles. The third kappa shape index (κ3) is 3.97. The summed E-state index contributed by atoms with van der Waals surface area (Å²) in [5.41, 5.74) is 0.666. The van der Waals surface area contributed by atoms with Crippen molar-refractivity contribution in [2.45, 2.75) is 38.5 Å². The molecule has 2 aromatic rings. The van der Waals surface area contributed by atoms with Crippen LogP contribution in [0, 0.1) is 11.7 Å².